The average molecular weight is 499 g/mol. The molecule has 1 spiro atoms. The molecular formula is C13H16I2N3P. The maximum Gasteiger partial charge on any atom is 0.0851 e. The predicted octanol–water partition coefficient (Wildman–Crippen LogP) is 3.90. The van der Waals surface area contributed by atoms with Gasteiger partial charge in [0.1, 0.15) is 0 Å². The first-order chi connectivity index (χ1) is 9.39. The van der Waals surface area contributed by atoms with Crippen LogP contribution in [0.15, 0.2) is 33.5 Å². The lowest BCUT2D eigenvalue weighted by Crippen LogP contribution is -2.40. The van der Waals surface area contributed by atoms with E-state index in [1.54, 1.807) is 3.70 Å². The molecule has 0 aliphatic carbocycles. The summed E-state index contributed by atoms with van der Waals surface area (Å²) in [6, 6.07) is 4.31. The largest absolute Gasteiger partial charge is 0.334 e. The Kier molecular flexibility index (Phi) is 3.75. The van der Waals surface area contributed by atoms with Gasteiger partial charge in [-0.1, -0.05) is 16.0 Å². The Morgan fingerprint density at radius 2 is 2.26 bits per heavy atom. The molecule has 1 N–H and O–H groups in total. The van der Waals surface area contributed by atoms with Crippen molar-refractivity contribution < 1.29 is 0 Å². The molecule has 3 aliphatic rings. The molecule has 1 saturated heterocycles. The summed E-state index contributed by atoms with van der Waals surface area (Å²) in [4.78, 5) is 6.96. The highest BCUT2D eigenvalue weighted by molar-refractivity contribution is 14.8. The van der Waals surface area contributed by atoms with Gasteiger partial charge in [0.25, 0.3) is 0 Å². The lowest BCUT2D eigenvalue weighted by molar-refractivity contribution is 0.287. The van der Waals surface area contributed by atoms with Crippen molar-refractivity contribution in [3.63, 3.8) is 0 Å². The van der Waals surface area contributed by atoms with Crippen LogP contribution in [0, 0.1) is 5.41 Å². The maximum atomic E-state index is 4.32. The molecule has 102 valence electrons. The van der Waals surface area contributed by atoms with Gasteiger partial charge in [0.15, 0.2) is 0 Å². The van der Waals surface area contributed by atoms with Crippen molar-refractivity contribution in [1.29, 1.82) is 0 Å². The van der Waals surface area contributed by atoms with Crippen LogP contribution in [-0.2, 0) is 0 Å². The first kappa shape index (κ1) is 13.2. The van der Waals surface area contributed by atoms with Crippen molar-refractivity contribution in [3.05, 3.63) is 33.5 Å². The zero-order valence-electron chi connectivity index (χ0n) is 10.5. The highest BCUT2D eigenvalue weighted by Crippen LogP contribution is 2.68. The summed E-state index contributed by atoms with van der Waals surface area (Å²) < 4.78 is 1.79. The predicted molar refractivity (Wildman–Crippen MR) is 99.5 cm³/mol. The van der Waals surface area contributed by atoms with Crippen molar-refractivity contribution in [2.75, 3.05) is 24.5 Å². The van der Waals surface area contributed by atoms with E-state index in [1.165, 1.54) is 44.4 Å². The first-order valence-corrected chi connectivity index (χ1v) is 18.0. The molecule has 6 heteroatoms. The van der Waals surface area contributed by atoms with Crippen molar-refractivity contribution in [3.8, 4) is 0 Å². The van der Waals surface area contributed by atoms with Gasteiger partial charge < -0.3 is 10.2 Å². The summed E-state index contributed by atoms with van der Waals surface area (Å²) in [7, 11) is 0. The number of hydrogen-bond acceptors (Lipinski definition) is 3. The molecule has 3 nitrogen and oxygen atoms in total. The Balaban J connectivity index is 1.74. The van der Waals surface area contributed by atoms with E-state index in [0.717, 1.165) is 0 Å². The van der Waals surface area contributed by atoms with Gasteiger partial charge in [-0.25, -0.2) is 0 Å². The minimum absolute atomic E-state index is 0.359. The molecule has 1 fully saturated rings. The summed E-state index contributed by atoms with van der Waals surface area (Å²) in [5.74, 6) is 0. The number of aromatic nitrogens is 1. The molecule has 1 atom stereocenters. The molecular weight excluding hydrogens is 483 g/mol. The fraction of sp³-hybridized carbons (Fsp3) is 0.462. The summed E-state index contributed by atoms with van der Waals surface area (Å²) in [5.41, 5.74) is 1.87. The second-order valence-corrected chi connectivity index (χ2v) is 21.3. The van der Waals surface area contributed by atoms with Crippen LogP contribution in [0.5, 0.6) is 0 Å². The van der Waals surface area contributed by atoms with Gasteiger partial charge in [-0.2, -0.15) is 0 Å². The monoisotopic (exact) mass is 499 g/mol. The second kappa shape index (κ2) is 5.39. The number of piperidine rings is 1. The van der Waals surface area contributed by atoms with Crippen LogP contribution in [-0.4, -0.2) is 24.6 Å². The van der Waals surface area contributed by atoms with Gasteiger partial charge in [0.05, 0.1) is 15.6 Å². The Bertz CT molecular complexity index is 552. The van der Waals surface area contributed by atoms with Crippen molar-refractivity contribution in [1.82, 2.24) is 10.3 Å². The third-order valence-electron chi connectivity index (χ3n) is 4.19. The minimum Gasteiger partial charge on any atom is -0.334 e. The fourth-order valence-electron chi connectivity index (χ4n) is 3.14. The standard InChI is InChI=1S/C13H16I2N3P/c1-2-10(8-17-5-1)18-9-13(3-6-16-7-4-13)11-12(18)14-15-19-11/h1-2,5,8,16,19H,3-4,6-7,9H2. The molecule has 0 saturated carbocycles. The second-order valence-electron chi connectivity index (χ2n) is 5.23. The van der Waals surface area contributed by atoms with Crippen LogP contribution in [0.3, 0.4) is 0 Å². The summed E-state index contributed by atoms with van der Waals surface area (Å²) >= 11 is 0.875. The Hall–Kier alpha value is 0.540. The molecule has 3 aliphatic heterocycles. The van der Waals surface area contributed by atoms with Gasteiger partial charge in [-0.15, -0.1) is 0 Å². The lowest BCUT2D eigenvalue weighted by atomic mass is 9.80. The highest BCUT2D eigenvalue weighted by Gasteiger charge is 2.46. The van der Waals surface area contributed by atoms with Crippen LogP contribution in [0.25, 0.3) is 0 Å². The van der Waals surface area contributed by atoms with Gasteiger partial charge in [-0.3, -0.25) is 4.98 Å². The van der Waals surface area contributed by atoms with Crippen LogP contribution < -0.4 is 10.2 Å². The van der Waals surface area contributed by atoms with Gasteiger partial charge in [-0.05, 0) is 66.2 Å². The number of rotatable bonds is 1. The van der Waals surface area contributed by atoms with Crippen molar-refractivity contribution in [2.45, 2.75) is 12.8 Å². The average Bonchev–Trinajstić information content (AvgIpc) is 3.05. The Morgan fingerprint density at radius 1 is 1.37 bits per heavy atom. The number of nitrogens with one attached hydrogen (secondary N) is 1. The molecule has 19 heavy (non-hydrogen) atoms. The minimum atomic E-state index is 0.359. The molecule has 0 aromatic carbocycles. The molecule has 1 aromatic heterocycles. The quantitative estimate of drug-likeness (QED) is 0.361. The number of nitrogens with zero attached hydrogens (tertiary/aromatic N) is 2. The molecule has 0 radical (unpaired) electrons. The lowest BCUT2D eigenvalue weighted by Gasteiger charge is -2.36. The van der Waals surface area contributed by atoms with Crippen molar-refractivity contribution >= 4 is 44.5 Å². The topological polar surface area (TPSA) is 28.2 Å². The summed E-state index contributed by atoms with van der Waals surface area (Å²) in [6.45, 7) is 3.65. The van der Waals surface area contributed by atoms with Gasteiger partial charge >= 0.3 is 0 Å². The Labute approximate surface area is 130 Å². The van der Waals surface area contributed by atoms with E-state index in [4.69, 9.17) is 0 Å². The van der Waals surface area contributed by atoms with Crippen LogP contribution in [0.4, 0.5) is 5.69 Å². The van der Waals surface area contributed by atoms with E-state index in [9.17, 15) is 0 Å². The zero-order chi connectivity index (χ0) is 12.7. The van der Waals surface area contributed by atoms with Gasteiger partial charge in [0, 0.05) is 18.2 Å². The zero-order valence-corrected chi connectivity index (χ0v) is 15.8. The van der Waals surface area contributed by atoms with E-state index in [-0.39, 0.29) is 0 Å². The van der Waals surface area contributed by atoms with Crippen molar-refractivity contribution in [2.24, 2.45) is 5.41 Å². The van der Waals surface area contributed by atoms with Crippen LogP contribution in [0.1, 0.15) is 12.8 Å². The van der Waals surface area contributed by atoms with Gasteiger partial charge in [0.2, 0.25) is 0 Å². The molecule has 0 amide bonds. The molecule has 4 heterocycles. The number of anilines is 1. The molecule has 4 rings (SSSR count). The SMILES string of the molecule is c1cncc(N2CC3(CCNCC3)C3=C2I=IP3)c1. The van der Waals surface area contributed by atoms with E-state index in [0.29, 0.717) is 38.1 Å². The fourth-order valence-corrected chi connectivity index (χ4v) is 25.9. The van der Waals surface area contributed by atoms with Crippen LogP contribution in [0.2, 0.25) is 0 Å². The third kappa shape index (κ3) is 2.24. The van der Waals surface area contributed by atoms with E-state index in [2.05, 4.69) is 27.3 Å². The summed E-state index contributed by atoms with van der Waals surface area (Å²) in [6.07, 6.45) is 7.86. The molecule has 0 bridgehead atoms. The van der Waals surface area contributed by atoms with E-state index in [1.807, 2.05) is 17.7 Å². The van der Waals surface area contributed by atoms with Crippen LogP contribution >= 0.6 is 38.9 Å². The normalized spacial score (nSPS) is 26.4. The number of pyridine rings is 1. The number of hydrogen-bond donors (Lipinski definition) is 1. The highest BCUT2D eigenvalue weighted by atomic mass is 128. The van der Waals surface area contributed by atoms with E-state index >= 15 is 0 Å². The maximum absolute atomic E-state index is 4.32. The molecule has 1 aromatic rings. The molecule has 1 unspecified atom stereocenters. The third-order valence-corrected chi connectivity index (χ3v) is 20.9. The number of fused-ring (bicyclic) bond motifs is 1. The Morgan fingerprint density at radius 3 is 3.05 bits per heavy atom. The first-order valence-electron chi connectivity index (χ1n) is 6.56. The van der Waals surface area contributed by atoms with E-state index < -0.39 is 0 Å². The summed E-state index contributed by atoms with van der Waals surface area (Å²) in [5, 5.41) is 5.44. The number of halogens is 2. The smallest absolute Gasteiger partial charge is 0.0851 e.